The van der Waals surface area contributed by atoms with Gasteiger partial charge in [0, 0.05) is 0 Å². The summed E-state index contributed by atoms with van der Waals surface area (Å²) >= 11 is 0. The summed E-state index contributed by atoms with van der Waals surface area (Å²) in [5.41, 5.74) is 3.73. The minimum Gasteiger partial charge on any atom is -0.493 e. The van der Waals surface area contributed by atoms with Crippen molar-refractivity contribution in [1.29, 1.82) is 0 Å². The van der Waals surface area contributed by atoms with E-state index in [2.05, 4.69) is 21.7 Å². The summed E-state index contributed by atoms with van der Waals surface area (Å²) in [5.74, 6) is 0.672. The SMILES string of the molecule is Cc1cc(C)cc(OCCC(=O)Nc2ccccc2-n2ccnn2)c1. The van der Waals surface area contributed by atoms with Crippen LogP contribution < -0.4 is 10.1 Å². The number of carbonyl (C=O) groups is 1. The first-order valence-electron chi connectivity index (χ1n) is 8.08. The zero-order chi connectivity index (χ0) is 17.6. The number of benzene rings is 2. The molecule has 3 aromatic rings. The Bertz CT molecular complexity index is 839. The van der Waals surface area contributed by atoms with Crippen LogP contribution in [0.4, 0.5) is 5.69 Å². The van der Waals surface area contributed by atoms with Crippen molar-refractivity contribution in [3.8, 4) is 11.4 Å². The molecule has 2 aromatic carbocycles. The maximum Gasteiger partial charge on any atom is 0.227 e. The second-order valence-electron chi connectivity index (χ2n) is 5.83. The van der Waals surface area contributed by atoms with Gasteiger partial charge in [0.1, 0.15) is 5.75 Å². The molecule has 0 aliphatic carbocycles. The second kappa shape index (κ2) is 7.61. The molecule has 1 heterocycles. The molecule has 0 aliphatic rings. The molecule has 0 saturated carbocycles. The van der Waals surface area contributed by atoms with Gasteiger partial charge >= 0.3 is 0 Å². The number of anilines is 1. The second-order valence-corrected chi connectivity index (χ2v) is 5.83. The molecule has 0 spiro atoms. The zero-order valence-electron chi connectivity index (χ0n) is 14.3. The van der Waals surface area contributed by atoms with E-state index in [1.807, 2.05) is 50.2 Å². The van der Waals surface area contributed by atoms with Gasteiger partial charge in [-0.2, -0.15) is 0 Å². The highest BCUT2D eigenvalue weighted by atomic mass is 16.5. The number of rotatable bonds is 6. The van der Waals surface area contributed by atoms with Crippen molar-refractivity contribution in [2.45, 2.75) is 20.3 Å². The van der Waals surface area contributed by atoms with Gasteiger partial charge in [-0.1, -0.05) is 23.4 Å². The predicted molar refractivity (Wildman–Crippen MR) is 96.0 cm³/mol. The van der Waals surface area contributed by atoms with Crippen LogP contribution in [0.5, 0.6) is 5.75 Å². The minimum absolute atomic E-state index is 0.114. The van der Waals surface area contributed by atoms with Crippen molar-refractivity contribution >= 4 is 11.6 Å². The van der Waals surface area contributed by atoms with Crippen LogP contribution in [0.2, 0.25) is 0 Å². The highest BCUT2D eigenvalue weighted by molar-refractivity contribution is 5.92. The Hall–Kier alpha value is -3.15. The molecular weight excluding hydrogens is 316 g/mol. The fraction of sp³-hybridized carbons (Fsp3) is 0.211. The van der Waals surface area contributed by atoms with E-state index >= 15 is 0 Å². The Morgan fingerprint density at radius 3 is 2.64 bits per heavy atom. The highest BCUT2D eigenvalue weighted by Crippen LogP contribution is 2.19. The molecule has 1 N–H and O–H groups in total. The largest absolute Gasteiger partial charge is 0.493 e. The maximum atomic E-state index is 12.2. The number of aromatic nitrogens is 3. The van der Waals surface area contributed by atoms with Gasteiger partial charge in [-0.05, 0) is 49.2 Å². The molecule has 0 fully saturated rings. The van der Waals surface area contributed by atoms with E-state index < -0.39 is 0 Å². The number of carbonyl (C=O) groups excluding carboxylic acids is 1. The molecule has 128 valence electrons. The van der Waals surface area contributed by atoms with Gasteiger partial charge in [-0.3, -0.25) is 4.79 Å². The summed E-state index contributed by atoms with van der Waals surface area (Å²) in [4.78, 5) is 12.2. The van der Waals surface area contributed by atoms with E-state index in [4.69, 9.17) is 4.74 Å². The smallest absolute Gasteiger partial charge is 0.227 e. The molecule has 1 aromatic heterocycles. The van der Waals surface area contributed by atoms with E-state index in [9.17, 15) is 4.79 Å². The lowest BCUT2D eigenvalue weighted by Crippen LogP contribution is -2.16. The zero-order valence-corrected chi connectivity index (χ0v) is 14.3. The van der Waals surface area contributed by atoms with Crippen LogP contribution in [0, 0.1) is 13.8 Å². The van der Waals surface area contributed by atoms with E-state index in [-0.39, 0.29) is 12.3 Å². The molecule has 25 heavy (non-hydrogen) atoms. The standard InChI is InChI=1S/C19H20N4O2/c1-14-11-15(2)13-16(12-14)25-10-7-19(24)21-17-5-3-4-6-18(17)23-9-8-20-22-23/h3-6,8-9,11-13H,7,10H2,1-2H3,(H,21,24). The van der Waals surface area contributed by atoms with Crippen LogP contribution in [0.15, 0.2) is 54.9 Å². The third kappa shape index (κ3) is 4.44. The molecule has 3 rings (SSSR count). The summed E-state index contributed by atoms with van der Waals surface area (Å²) in [6.45, 7) is 4.36. The van der Waals surface area contributed by atoms with Gasteiger partial charge in [-0.15, -0.1) is 5.10 Å². The summed E-state index contributed by atoms with van der Waals surface area (Å²) in [6, 6.07) is 13.5. The number of nitrogens with zero attached hydrogens (tertiary/aromatic N) is 3. The van der Waals surface area contributed by atoms with E-state index in [1.165, 1.54) is 0 Å². The van der Waals surface area contributed by atoms with Crippen molar-refractivity contribution in [1.82, 2.24) is 15.0 Å². The van der Waals surface area contributed by atoms with Crippen molar-refractivity contribution in [2.24, 2.45) is 0 Å². The molecule has 0 unspecified atom stereocenters. The molecule has 0 saturated heterocycles. The third-order valence-corrected chi connectivity index (χ3v) is 3.64. The average Bonchev–Trinajstić information content (AvgIpc) is 3.09. The third-order valence-electron chi connectivity index (χ3n) is 3.64. The molecule has 0 radical (unpaired) electrons. The summed E-state index contributed by atoms with van der Waals surface area (Å²) in [7, 11) is 0. The van der Waals surface area contributed by atoms with E-state index in [0.717, 1.165) is 22.6 Å². The number of amides is 1. The Labute approximate surface area is 146 Å². The van der Waals surface area contributed by atoms with Crippen molar-refractivity contribution in [3.63, 3.8) is 0 Å². The molecular formula is C19H20N4O2. The van der Waals surface area contributed by atoms with Gasteiger partial charge in [0.05, 0.1) is 36.8 Å². The van der Waals surface area contributed by atoms with E-state index in [1.54, 1.807) is 17.1 Å². The van der Waals surface area contributed by atoms with E-state index in [0.29, 0.717) is 12.3 Å². The van der Waals surface area contributed by atoms with Crippen molar-refractivity contribution in [3.05, 3.63) is 66.0 Å². The lowest BCUT2D eigenvalue weighted by atomic mass is 10.1. The van der Waals surface area contributed by atoms with Crippen LogP contribution in [0.25, 0.3) is 5.69 Å². The van der Waals surface area contributed by atoms with Crippen LogP contribution in [-0.2, 0) is 4.79 Å². The normalized spacial score (nSPS) is 10.5. The molecule has 1 amide bonds. The summed E-state index contributed by atoms with van der Waals surface area (Å²) in [6.07, 6.45) is 3.59. The average molecular weight is 336 g/mol. The molecule has 0 aliphatic heterocycles. The molecule has 6 heteroatoms. The Morgan fingerprint density at radius 1 is 1.16 bits per heavy atom. The van der Waals surface area contributed by atoms with Gasteiger partial charge < -0.3 is 10.1 Å². The lowest BCUT2D eigenvalue weighted by Gasteiger charge is -2.11. The highest BCUT2D eigenvalue weighted by Gasteiger charge is 2.09. The first-order chi connectivity index (χ1) is 12.1. The van der Waals surface area contributed by atoms with Crippen LogP contribution >= 0.6 is 0 Å². The molecule has 0 atom stereocenters. The fourth-order valence-electron chi connectivity index (χ4n) is 2.61. The van der Waals surface area contributed by atoms with Gasteiger partial charge in [0.25, 0.3) is 0 Å². The molecule has 0 bridgehead atoms. The lowest BCUT2D eigenvalue weighted by molar-refractivity contribution is -0.116. The Kier molecular flexibility index (Phi) is 5.09. The number of aryl methyl sites for hydroxylation is 2. The topological polar surface area (TPSA) is 69.0 Å². The van der Waals surface area contributed by atoms with Crippen molar-refractivity contribution < 1.29 is 9.53 Å². The van der Waals surface area contributed by atoms with Gasteiger partial charge in [-0.25, -0.2) is 4.68 Å². The van der Waals surface area contributed by atoms with Crippen LogP contribution in [0.1, 0.15) is 17.5 Å². The number of ether oxygens (including phenoxy) is 1. The Morgan fingerprint density at radius 2 is 1.92 bits per heavy atom. The number of hydrogen-bond acceptors (Lipinski definition) is 4. The number of para-hydroxylation sites is 2. The van der Waals surface area contributed by atoms with Crippen LogP contribution in [-0.4, -0.2) is 27.5 Å². The maximum absolute atomic E-state index is 12.2. The summed E-state index contributed by atoms with van der Waals surface area (Å²) in [5, 5.41) is 10.7. The quantitative estimate of drug-likeness (QED) is 0.750. The predicted octanol–water partition coefficient (Wildman–Crippen LogP) is 3.29. The monoisotopic (exact) mass is 336 g/mol. The number of hydrogen-bond donors (Lipinski definition) is 1. The summed E-state index contributed by atoms with van der Waals surface area (Å²) < 4.78 is 7.30. The minimum atomic E-state index is -0.114. The van der Waals surface area contributed by atoms with Gasteiger partial charge in [0.2, 0.25) is 5.91 Å². The van der Waals surface area contributed by atoms with Crippen molar-refractivity contribution in [2.75, 3.05) is 11.9 Å². The van der Waals surface area contributed by atoms with Gasteiger partial charge in [0.15, 0.2) is 0 Å². The fourth-order valence-corrected chi connectivity index (χ4v) is 2.61. The number of nitrogens with one attached hydrogen (secondary N) is 1. The first kappa shape index (κ1) is 16.7. The Balaban J connectivity index is 1.58. The van der Waals surface area contributed by atoms with Crippen LogP contribution in [0.3, 0.4) is 0 Å². The molecule has 6 nitrogen and oxygen atoms in total. The first-order valence-corrected chi connectivity index (χ1v) is 8.08.